The number of unbranched alkanes of at least 4 members (excludes halogenated alkanes) is 1. The lowest BCUT2D eigenvalue weighted by Gasteiger charge is -2.11. The van der Waals surface area contributed by atoms with Crippen LogP contribution in [0.2, 0.25) is 0 Å². The van der Waals surface area contributed by atoms with Gasteiger partial charge in [-0.2, -0.15) is 5.10 Å². The summed E-state index contributed by atoms with van der Waals surface area (Å²) < 4.78 is 7.45. The second-order valence-electron chi connectivity index (χ2n) is 5.36. The van der Waals surface area contributed by atoms with Gasteiger partial charge in [-0.15, -0.1) is 24.0 Å². The lowest BCUT2D eigenvalue weighted by Crippen LogP contribution is -2.39. The predicted octanol–water partition coefficient (Wildman–Crippen LogP) is 2.53. The molecule has 0 saturated heterocycles. The standard InChI is InChI=1S/C16H31N5O.HI/c1-6-8-10-22-11-9-18-16(17-7-2)19-12-15-13(3)20-21(5)14(15)4;/h6-12H2,1-5H3,(H2,17,18,19);1H. The first-order valence-corrected chi connectivity index (χ1v) is 8.19. The molecule has 0 spiro atoms. The molecule has 0 radical (unpaired) electrons. The van der Waals surface area contributed by atoms with E-state index in [-0.39, 0.29) is 24.0 Å². The van der Waals surface area contributed by atoms with Gasteiger partial charge in [-0.25, -0.2) is 4.99 Å². The van der Waals surface area contributed by atoms with Crippen LogP contribution in [0.3, 0.4) is 0 Å². The number of aryl methyl sites for hydroxylation is 2. The SMILES string of the molecule is CCCCOCCNC(=NCc1c(C)nn(C)c1C)NCC.I. The van der Waals surface area contributed by atoms with Crippen molar-refractivity contribution in [2.75, 3.05) is 26.3 Å². The lowest BCUT2D eigenvalue weighted by atomic mass is 10.2. The Labute approximate surface area is 157 Å². The van der Waals surface area contributed by atoms with E-state index in [0.717, 1.165) is 37.8 Å². The van der Waals surface area contributed by atoms with Crippen LogP contribution in [0.4, 0.5) is 0 Å². The van der Waals surface area contributed by atoms with Gasteiger partial charge in [0.25, 0.3) is 0 Å². The molecular formula is C16H32IN5O. The number of halogens is 1. The molecule has 1 heterocycles. The zero-order valence-electron chi connectivity index (χ0n) is 15.1. The molecule has 1 aromatic rings. The van der Waals surface area contributed by atoms with Crippen LogP contribution in [0.5, 0.6) is 0 Å². The van der Waals surface area contributed by atoms with Crippen molar-refractivity contribution in [3.05, 3.63) is 17.0 Å². The average molecular weight is 437 g/mol. The van der Waals surface area contributed by atoms with Gasteiger partial charge in [0.1, 0.15) is 0 Å². The van der Waals surface area contributed by atoms with Crippen LogP contribution >= 0.6 is 24.0 Å². The number of aliphatic imine (C=N–C) groups is 1. The van der Waals surface area contributed by atoms with Crippen molar-refractivity contribution in [2.45, 2.75) is 47.1 Å². The van der Waals surface area contributed by atoms with Gasteiger partial charge < -0.3 is 15.4 Å². The normalized spacial score (nSPS) is 11.3. The number of nitrogens with zero attached hydrogens (tertiary/aromatic N) is 3. The first kappa shape index (κ1) is 22.2. The summed E-state index contributed by atoms with van der Waals surface area (Å²) in [6.07, 6.45) is 2.29. The molecule has 0 atom stereocenters. The minimum Gasteiger partial charge on any atom is -0.380 e. The topological polar surface area (TPSA) is 63.5 Å². The van der Waals surface area contributed by atoms with Gasteiger partial charge in [0, 0.05) is 38.0 Å². The molecule has 23 heavy (non-hydrogen) atoms. The van der Waals surface area contributed by atoms with Gasteiger partial charge in [-0.1, -0.05) is 13.3 Å². The molecular weight excluding hydrogens is 405 g/mol. The Hall–Kier alpha value is -0.830. The molecule has 0 aromatic carbocycles. The average Bonchev–Trinajstić information content (AvgIpc) is 2.73. The van der Waals surface area contributed by atoms with Crippen LogP contribution in [-0.2, 0) is 18.3 Å². The smallest absolute Gasteiger partial charge is 0.191 e. The van der Waals surface area contributed by atoms with Gasteiger partial charge in [0.15, 0.2) is 5.96 Å². The van der Waals surface area contributed by atoms with E-state index < -0.39 is 0 Å². The van der Waals surface area contributed by atoms with E-state index in [0.29, 0.717) is 13.2 Å². The Morgan fingerprint density at radius 2 is 1.96 bits per heavy atom. The number of rotatable bonds is 9. The summed E-state index contributed by atoms with van der Waals surface area (Å²) in [6, 6.07) is 0. The van der Waals surface area contributed by atoms with Crippen molar-refractivity contribution in [1.82, 2.24) is 20.4 Å². The Balaban J connectivity index is 0.00000484. The fraction of sp³-hybridized carbons (Fsp3) is 0.750. The second-order valence-corrected chi connectivity index (χ2v) is 5.36. The molecule has 6 nitrogen and oxygen atoms in total. The summed E-state index contributed by atoms with van der Waals surface area (Å²) in [6.45, 7) is 12.1. The molecule has 0 saturated carbocycles. The van der Waals surface area contributed by atoms with E-state index in [1.807, 2.05) is 18.7 Å². The molecule has 0 fully saturated rings. The fourth-order valence-corrected chi connectivity index (χ4v) is 2.14. The van der Waals surface area contributed by atoms with Crippen molar-refractivity contribution < 1.29 is 4.74 Å². The van der Waals surface area contributed by atoms with E-state index in [1.54, 1.807) is 0 Å². The molecule has 0 amide bonds. The fourth-order valence-electron chi connectivity index (χ4n) is 2.14. The van der Waals surface area contributed by atoms with Gasteiger partial charge in [0.2, 0.25) is 0 Å². The summed E-state index contributed by atoms with van der Waals surface area (Å²) in [5.74, 6) is 0.823. The maximum absolute atomic E-state index is 5.55. The Bertz CT molecular complexity index is 473. The molecule has 0 aliphatic rings. The van der Waals surface area contributed by atoms with Gasteiger partial charge in [0.05, 0.1) is 18.8 Å². The van der Waals surface area contributed by atoms with Gasteiger partial charge >= 0.3 is 0 Å². The highest BCUT2D eigenvalue weighted by Crippen LogP contribution is 2.12. The summed E-state index contributed by atoms with van der Waals surface area (Å²) in [4.78, 5) is 4.64. The summed E-state index contributed by atoms with van der Waals surface area (Å²) in [7, 11) is 1.96. The van der Waals surface area contributed by atoms with Crippen molar-refractivity contribution in [2.24, 2.45) is 12.0 Å². The van der Waals surface area contributed by atoms with E-state index in [9.17, 15) is 0 Å². The van der Waals surface area contributed by atoms with E-state index >= 15 is 0 Å². The highest BCUT2D eigenvalue weighted by atomic mass is 127. The van der Waals surface area contributed by atoms with E-state index in [4.69, 9.17) is 4.74 Å². The number of ether oxygens (including phenoxy) is 1. The van der Waals surface area contributed by atoms with Crippen molar-refractivity contribution in [3.8, 4) is 0 Å². The molecule has 0 aliphatic carbocycles. The Morgan fingerprint density at radius 1 is 1.22 bits per heavy atom. The lowest BCUT2D eigenvalue weighted by molar-refractivity contribution is 0.136. The zero-order chi connectivity index (χ0) is 16.4. The van der Waals surface area contributed by atoms with Gasteiger partial charge in [-0.3, -0.25) is 4.68 Å². The quantitative estimate of drug-likeness (QED) is 0.270. The van der Waals surface area contributed by atoms with Gasteiger partial charge in [-0.05, 0) is 27.2 Å². The van der Waals surface area contributed by atoms with Crippen LogP contribution in [0, 0.1) is 13.8 Å². The van der Waals surface area contributed by atoms with Crippen LogP contribution in [0.1, 0.15) is 43.6 Å². The number of guanidine groups is 1. The number of aromatic nitrogens is 2. The second kappa shape index (κ2) is 12.6. The maximum atomic E-state index is 5.55. The molecule has 134 valence electrons. The third-order valence-corrected chi connectivity index (χ3v) is 3.58. The first-order chi connectivity index (χ1) is 10.6. The van der Waals surface area contributed by atoms with Crippen LogP contribution < -0.4 is 10.6 Å². The number of nitrogens with one attached hydrogen (secondary N) is 2. The Morgan fingerprint density at radius 3 is 2.52 bits per heavy atom. The monoisotopic (exact) mass is 437 g/mol. The van der Waals surface area contributed by atoms with Crippen molar-refractivity contribution in [1.29, 1.82) is 0 Å². The minimum atomic E-state index is 0. The van der Waals surface area contributed by atoms with Crippen LogP contribution in [0.25, 0.3) is 0 Å². The highest BCUT2D eigenvalue weighted by Gasteiger charge is 2.08. The highest BCUT2D eigenvalue weighted by molar-refractivity contribution is 14.0. The third kappa shape index (κ3) is 8.01. The molecule has 0 bridgehead atoms. The van der Waals surface area contributed by atoms with Crippen molar-refractivity contribution >= 4 is 29.9 Å². The molecule has 1 rings (SSSR count). The molecule has 0 unspecified atom stereocenters. The first-order valence-electron chi connectivity index (χ1n) is 8.19. The molecule has 1 aromatic heterocycles. The summed E-state index contributed by atoms with van der Waals surface area (Å²) in [5.41, 5.74) is 3.40. The van der Waals surface area contributed by atoms with E-state index in [1.165, 1.54) is 17.7 Å². The minimum absolute atomic E-state index is 0. The number of hydrogen-bond donors (Lipinski definition) is 2. The largest absolute Gasteiger partial charge is 0.380 e. The summed E-state index contributed by atoms with van der Waals surface area (Å²) in [5, 5.41) is 11.0. The molecule has 2 N–H and O–H groups in total. The molecule has 7 heteroatoms. The van der Waals surface area contributed by atoms with E-state index in [2.05, 4.69) is 41.5 Å². The van der Waals surface area contributed by atoms with Crippen molar-refractivity contribution in [3.63, 3.8) is 0 Å². The third-order valence-electron chi connectivity index (χ3n) is 3.58. The maximum Gasteiger partial charge on any atom is 0.191 e. The predicted molar refractivity (Wildman–Crippen MR) is 107 cm³/mol. The Kier molecular flexibility index (Phi) is 12.1. The van der Waals surface area contributed by atoms with Crippen LogP contribution in [-0.4, -0.2) is 42.0 Å². The zero-order valence-corrected chi connectivity index (χ0v) is 17.4. The summed E-state index contributed by atoms with van der Waals surface area (Å²) >= 11 is 0. The molecule has 0 aliphatic heterocycles. The number of hydrogen-bond acceptors (Lipinski definition) is 3. The van der Waals surface area contributed by atoms with Crippen LogP contribution in [0.15, 0.2) is 4.99 Å².